The van der Waals surface area contributed by atoms with Gasteiger partial charge in [-0.15, -0.1) is 11.3 Å². The molecule has 0 spiro atoms. The van der Waals surface area contributed by atoms with Crippen LogP contribution in [0.25, 0.3) is 0 Å². The van der Waals surface area contributed by atoms with Gasteiger partial charge in [0.1, 0.15) is 10.6 Å². The molecule has 1 N–H and O–H groups in total. The van der Waals surface area contributed by atoms with Crippen LogP contribution < -0.4 is 10.1 Å². The van der Waals surface area contributed by atoms with E-state index in [1.807, 2.05) is 32.0 Å². The molecule has 0 atom stereocenters. The highest BCUT2D eigenvalue weighted by Crippen LogP contribution is 2.24. The third-order valence-corrected chi connectivity index (χ3v) is 4.41. The summed E-state index contributed by atoms with van der Waals surface area (Å²) < 4.78 is 10.5. The zero-order valence-corrected chi connectivity index (χ0v) is 14.9. The van der Waals surface area contributed by atoms with Crippen LogP contribution in [-0.4, -0.2) is 25.6 Å². The van der Waals surface area contributed by atoms with Crippen LogP contribution >= 0.6 is 11.3 Å². The summed E-state index contributed by atoms with van der Waals surface area (Å²) in [7, 11) is 1.32. The molecule has 24 heavy (non-hydrogen) atoms. The van der Waals surface area contributed by atoms with Gasteiger partial charge in [0.2, 0.25) is 5.91 Å². The molecule has 0 aliphatic carbocycles. The van der Waals surface area contributed by atoms with E-state index in [9.17, 15) is 9.59 Å². The summed E-state index contributed by atoms with van der Waals surface area (Å²) in [5, 5.41) is 4.48. The van der Waals surface area contributed by atoms with Crippen LogP contribution in [-0.2, 0) is 9.53 Å². The highest BCUT2D eigenvalue weighted by Gasteiger charge is 2.15. The van der Waals surface area contributed by atoms with Gasteiger partial charge in [0, 0.05) is 6.42 Å². The Morgan fingerprint density at radius 2 is 1.88 bits per heavy atom. The van der Waals surface area contributed by atoms with Gasteiger partial charge in [0.25, 0.3) is 0 Å². The number of nitrogens with one attached hydrogen (secondary N) is 1. The van der Waals surface area contributed by atoms with Crippen molar-refractivity contribution in [1.82, 2.24) is 0 Å². The van der Waals surface area contributed by atoms with E-state index in [4.69, 9.17) is 4.74 Å². The molecule has 0 fully saturated rings. The van der Waals surface area contributed by atoms with E-state index in [0.29, 0.717) is 30.0 Å². The van der Waals surface area contributed by atoms with E-state index < -0.39 is 5.97 Å². The molecule has 0 saturated carbocycles. The van der Waals surface area contributed by atoms with E-state index in [2.05, 4.69) is 10.1 Å². The second kappa shape index (κ2) is 8.49. The largest absolute Gasteiger partial charge is 0.493 e. The zero-order valence-electron chi connectivity index (χ0n) is 14.0. The predicted molar refractivity (Wildman–Crippen MR) is 94.9 cm³/mol. The first kappa shape index (κ1) is 18.0. The Hall–Kier alpha value is -2.34. The minimum absolute atomic E-state index is 0.149. The standard InChI is InChI=1S/C18H21NO4S/c1-12-6-4-7-13(2)16(12)23-10-5-8-15(20)19-14-9-11-24-17(14)18(21)22-3/h4,6-7,9,11H,5,8,10H2,1-3H3,(H,19,20). The van der Waals surface area contributed by atoms with Gasteiger partial charge in [0.15, 0.2) is 0 Å². The second-order valence-electron chi connectivity index (χ2n) is 5.38. The number of thiophene rings is 1. The van der Waals surface area contributed by atoms with Crippen molar-refractivity contribution in [2.45, 2.75) is 26.7 Å². The van der Waals surface area contributed by atoms with Crippen molar-refractivity contribution in [2.24, 2.45) is 0 Å². The Morgan fingerprint density at radius 1 is 1.17 bits per heavy atom. The lowest BCUT2D eigenvalue weighted by Crippen LogP contribution is -2.14. The lowest BCUT2D eigenvalue weighted by molar-refractivity contribution is -0.116. The van der Waals surface area contributed by atoms with Gasteiger partial charge in [-0.05, 0) is 42.8 Å². The average molecular weight is 347 g/mol. The van der Waals surface area contributed by atoms with Crippen LogP contribution in [0, 0.1) is 13.8 Å². The molecule has 1 aromatic heterocycles. The Balaban J connectivity index is 1.80. The van der Waals surface area contributed by atoms with Gasteiger partial charge in [-0.3, -0.25) is 4.79 Å². The monoisotopic (exact) mass is 347 g/mol. The van der Waals surface area contributed by atoms with Crippen LogP contribution in [0.3, 0.4) is 0 Å². The molecule has 0 aliphatic heterocycles. The highest BCUT2D eigenvalue weighted by atomic mass is 32.1. The van der Waals surface area contributed by atoms with Gasteiger partial charge in [-0.25, -0.2) is 4.79 Å². The maximum absolute atomic E-state index is 12.0. The number of benzene rings is 1. The molecule has 1 amide bonds. The summed E-state index contributed by atoms with van der Waals surface area (Å²) >= 11 is 1.24. The molecule has 128 valence electrons. The second-order valence-corrected chi connectivity index (χ2v) is 6.29. The lowest BCUT2D eigenvalue weighted by Gasteiger charge is -2.11. The number of methoxy groups -OCH3 is 1. The third kappa shape index (κ3) is 4.58. The number of esters is 1. The summed E-state index contributed by atoms with van der Waals surface area (Å²) in [4.78, 5) is 24.0. The summed E-state index contributed by atoms with van der Waals surface area (Å²) in [5.74, 6) is 0.283. The molecule has 2 aromatic rings. The van der Waals surface area contributed by atoms with Gasteiger partial charge < -0.3 is 14.8 Å². The van der Waals surface area contributed by atoms with Crippen LogP contribution in [0.5, 0.6) is 5.75 Å². The fraction of sp³-hybridized carbons (Fsp3) is 0.333. The molecule has 0 aliphatic rings. The Bertz CT molecular complexity index is 703. The minimum atomic E-state index is -0.446. The Morgan fingerprint density at radius 3 is 2.54 bits per heavy atom. The first-order valence-electron chi connectivity index (χ1n) is 7.67. The summed E-state index contributed by atoms with van der Waals surface area (Å²) in [6, 6.07) is 7.69. The van der Waals surface area contributed by atoms with E-state index in [1.54, 1.807) is 11.4 Å². The van der Waals surface area contributed by atoms with Crippen molar-refractivity contribution >= 4 is 28.9 Å². The van der Waals surface area contributed by atoms with E-state index >= 15 is 0 Å². The van der Waals surface area contributed by atoms with E-state index in [1.165, 1.54) is 18.4 Å². The van der Waals surface area contributed by atoms with Crippen molar-refractivity contribution in [2.75, 3.05) is 19.0 Å². The minimum Gasteiger partial charge on any atom is -0.493 e. The Kier molecular flexibility index (Phi) is 6.37. The van der Waals surface area contributed by atoms with Crippen LogP contribution in [0.2, 0.25) is 0 Å². The average Bonchev–Trinajstić information content (AvgIpc) is 3.01. The maximum Gasteiger partial charge on any atom is 0.350 e. The summed E-state index contributed by atoms with van der Waals surface area (Å²) in [5.41, 5.74) is 2.66. The Labute approximate surface area is 145 Å². The zero-order chi connectivity index (χ0) is 17.5. The molecular weight excluding hydrogens is 326 g/mol. The highest BCUT2D eigenvalue weighted by molar-refractivity contribution is 7.12. The molecule has 2 rings (SSSR count). The SMILES string of the molecule is COC(=O)c1sccc1NC(=O)CCCOc1c(C)cccc1C. The number of amides is 1. The quantitative estimate of drug-likeness (QED) is 0.608. The van der Waals surface area contributed by atoms with Crippen molar-refractivity contribution in [3.05, 3.63) is 45.6 Å². The van der Waals surface area contributed by atoms with Crippen LogP contribution in [0.15, 0.2) is 29.6 Å². The smallest absolute Gasteiger partial charge is 0.350 e. The van der Waals surface area contributed by atoms with Crippen molar-refractivity contribution in [3.63, 3.8) is 0 Å². The van der Waals surface area contributed by atoms with Gasteiger partial charge in [-0.1, -0.05) is 18.2 Å². The maximum atomic E-state index is 12.0. The number of para-hydroxylation sites is 1. The molecule has 1 aromatic carbocycles. The van der Waals surface area contributed by atoms with Crippen LogP contribution in [0.4, 0.5) is 5.69 Å². The number of anilines is 1. The topological polar surface area (TPSA) is 64.6 Å². The number of carbonyl (C=O) groups is 2. The molecular formula is C18H21NO4S. The summed E-state index contributed by atoms with van der Waals surface area (Å²) in [6.45, 7) is 4.46. The lowest BCUT2D eigenvalue weighted by atomic mass is 10.1. The van der Waals surface area contributed by atoms with Crippen LogP contribution in [0.1, 0.15) is 33.6 Å². The normalized spacial score (nSPS) is 10.3. The third-order valence-electron chi connectivity index (χ3n) is 3.51. The fourth-order valence-corrected chi connectivity index (χ4v) is 3.07. The molecule has 0 bridgehead atoms. The number of hydrogen-bond donors (Lipinski definition) is 1. The van der Waals surface area contributed by atoms with Gasteiger partial charge >= 0.3 is 5.97 Å². The van der Waals surface area contributed by atoms with Gasteiger partial charge in [-0.2, -0.15) is 0 Å². The number of ether oxygens (including phenoxy) is 2. The number of aryl methyl sites for hydroxylation is 2. The molecule has 6 heteroatoms. The van der Waals surface area contributed by atoms with E-state index in [-0.39, 0.29) is 5.91 Å². The molecule has 5 nitrogen and oxygen atoms in total. The number of carbonyl (C=O) groups excluding carboxylic acids is 2. The molecule has 0 radical (unpaired) electrons. The molecule has 0 unspecified atom stereocenters. The summed E-state index contributed by atoms with van der Waals surface area (Å²) in [6.07, 6.45) is 0.915. The van der Waals surface area contributed by atoms with Crippen molar-refractivity contribution in [1.29, 1.82) is 0 Å². The first-order valence-corrected chi connectivity index (χ1v) is 8.55. The van der Waals surface area contributed by atoms with E-state index in [0.717, 1.165) is 16.9 Å². The number of hydrogen-bond acceptors (Lipinski definition) is 5. The fourth-order valence-electron chi connectivity index (χ4n) is 2.30. The number of rotatable bonds is 7. The van der Waals surface area contributed by atoms with Crippen molar-refractivity contribution < 1.29 is 19.1 Å². The predicted octanol–water partition coefficient (Wildman–Crippen LogP) is 3.95. The molecule has 0 saturated heterocycles. The first-order chi connectivity index (χ1) is 11.5. The van der Waals surface area contributed by atoms with Crippen molar-refractivity contribution in [3.8, 4) is 5.75 Å². The molecule has 1 heterocycles. The van der Waals surface area contributed by atoms with Gasteiger partial charge in [0.05, 0.1) is 19.4 Å².